The number of piperidine rings is 1. The van der Waals surface area contributed by atoms with Crippen molar-refractivity contribution in [3.63, 3.8) is 0 Å². The first-order valence-corrected chi connectivity index (χ1v) is 8.74. The van der Waals surface area contributed by atoms with E-state index in [0.29, 0.717) is 30.2 Å². The Morgan fingerprint density at radius 3 is 2.77 bits per heavy atom. The number of carbonyl (C=O) groups is 1. The van der Waals surface area contributed by atoms with Crippen LogP contribution in [0.3, 0.4) is 0 Å². The molecule has 1 aliphatic rings. The average Bonchev–Trinajstić information content (AvgIpc) is 2.72. The van der Waals surface area contributed by atoms with Gasteiger partial charge in [0.15, 0.2) is 11.5 Å². The van der Waals surface area contributed by atoms with Crippen molar-refractivity contribution < 1.29 is 19.0 Å². The molecule has 2 aromatic rings. The normalized spacial score (nSPS) is 17.0. The number of likely N-dealkylation sites (tertiary alicyclic amines) is 1. The summed E-state index contributed by atoms with van der Waals surface area (Å²) >= 11 is 0. The minimum absolute atomic E-state index is 0.0166. The Hall–Kier alpha value is -2.60. The van der Waals surface area contributed by atoms with Crippen molar-refractivity contribution in [2.75, 3.05) is 27.3 Å². The van der Waals surface area contributed by atoms with E-state index in [2.05, 4.69) is 4.98 Å². The Kier molecular flexibility index (Phi) is 6.07. The summed E-state index contributed by atoms with van der Waals surface area (Å²) in [6.45, 7) is 1.78. The number of aromatic nitrogens is 1. The van der Waals surface area contributed by atoms with E-state index < -0.39 is 0 Å². The molecule has 1 aromatic carbocycles. The Bertz CT molecular complexity index is 736. The molecule has 1 amide bonds. The summed E-state index contributed by atoms with van der Waals surface area (Å²) in [4.78, 5) is 19.0. The monoisotopic (exact) mass is 356 g/mol. The van der Waals surface area contributed by atoms with Crippen molar-refractivity contribution in [3.8, 4) is 11.5 Å². The maximum atomic E-state index is 12.8. The van der Waals surface area contributed by atoms with Crippen LogP contribution in [0.25, 0.3) is 0 Å². The van der Waals surface area contributed by atoms with E-state index in [0.717, 1.165) is 25.1 Å². The molecule has 0 saturated carbocycles. The Labute approximate surface area is 153 Å². The van der Waals surface area contributed by atoms with E-state index in [1.807, 2.05) is 23.1 Å². The van der Waals surface area contributed by atoms with Crippen LogP contribution >= 0.6 is 0 Å². The van der Waals surface area contributed by atoms with Gasteiger partial charge < -0.3 is 19.1 Å². The molecule has 0 aliphatic carbocycles. The van der Waals surface area contributed by atoms with Crippen LogP contribution < -0.4 is 9.47 Å². The lowest BCUT2D eigenvalue weighted by molar-refractivity contribution is -0.00786. The summed E-state index contributed by atoms with van der Waals surface area (Å²) in [5.74, 6) is 1.15. The van der Waals surface area contributed by atoms with Gasteiger partial charge in [0, 0.05) is 24.8 Å². The van der Waals surface area contributed by atoms with E-state index in [9.17, 15) is 4.79 Å². The number of benzene rings is 1. The molecule has 0 N–H and O–H groups in total. The van der Waals surface area contributed by atoms with Gasteiger partial charge in [-0.15, -0.1) is 0 Å². The molecular formula is C20H24N2O4. The standard InChI is InChI=1S/C20H24N2O4/c1-24-18-9-8-15(12-19(18)25-2)20(23)22-11-5-7-17(13-22)26-14-16-6-3-4-10-21-16/h3-4,6,8-10,12,17H,5,7,11,13-14H2,1-2H3. The van der Waals surface area contributed by atoms with Crippen molar-refractivity contribution in [2.24, 2.45) is 0 Å². The molecule has 1 saturated heterocycles. The second-order valence-electron chi connectivity index (χ2n) is 6.22. The number of methoxy groups -OCH3 is 2. The quantitative estimate of drug-likeness (QED) is 0.796. The average molecular weight is 356 g/mol. The number of carbonyl (C=O) groups excluding carboxylic acids is 1. The largest absolute Gasteiger partial charge is 0.493 e. The highest BCUT2D eigenvalue weighted by atomic mass is 16.5. The fraction of sp³-hybridized carbons (Fsp3) is 0.400. The topological polar surface area (TPSA) is 60.9 Å². The molecule has 1 aliphatic heterocycles. The highest BCUT2D eigenvalue weighted by molar-refractivity contribution is 5.95. The summed E-state index contributed by atoms with van der Waals surface area (Å²) in [7, 11) is 3.14. The third kappa shape index (κ3) is 4.32. The first kappa shape index (κ1) is 18.2. The highest BCUT2D eigenvalue weighted by Gasteiger charge is 2.25. The van der Waals surface area contributed by atoms with Crippen molar-refractivity contribution in [1.82, 2.24) is 9.88 Å². The minimum atomic E-state index is -0.0166. The van der Waals surface area contributed by atoms with Gasteiger partial charge in [0.25, 0.3) is 5.91 Å². The number of hydrogen-bond acceptors (Lipinski definition) is 5. The molecule has 26 heavy (non-hydrogen) atoms. The third-order valence-electron chi connectivity index (χ3n) is 4.49. The van der Waals surface area contributed by atoms with Crippen molar-refractivity contribution in [1.29, 1.82) is 0 Å². The van der Waals surface area contributed by atoms with Gasteiger partial charge in [-0.1, -0.05) is 6.07 Å². The molecule has 0 radical (unpaired) electrons. The molecule has 1 atom stereocenters. The summed E-state index contributed by atoms with van der Waals surface area (Å²) in [6, 6.07) is 11.0. The predicted molar refractivity (Wildman–Crippen MR) is 97.5 cm³/mol. The van der Waals surface area contributed by atoms with Gasteiger partial charge in [-0.2, -0.15) is 0 Å². The maximum Gasteiger partial charge on any atom is 0.254 e. The van der Waals surface area contributed by atoms with Gasteiger partial charge in [-0.05, 0) is 43.2 Å². The second-order valence-corrected chi connectivity index (χ2v) is 6.22. The Morgan fingerprint density at radius 1 is 1.19 bits per heavy atom. The van der Waals surface area contributed by atoms with Crippen LogP contribution in [0.4, 0.5) is 0 Å². The molecule has 0 bridgehead atoms. The Balaban J connectivity index is 1.62. The smallest absolute Gasteiger partial charge is 0.254 e. The fourth-order valence-electron chi connectivity index (χ4n) is 3.10. The number of amides is 1. The summed E-state index contributed by atoms with van der Waals surface area (Å²) in [5.41, 5.74) is 1.49. The van der Waals surface area contributed by atoms with E-state index >= 15 is 0 Å². The van der Waals surface area contributed by atoms with E-state index in [4.69, 9.17) is 14.2 Å². The summed E-state index contributed by atoms with van der Waals surface area (Å²) in [5, 5.41) is 0. The van der Waals surface area contributed by atoms with Crippen LogP contribution in [0, 0.1) is 0 Å². The lowest BCUT2D eigenvalue weighted by Gasteiger charge is -2.32. The van der Waals surface area contributed by atoms with Crippen LogP contribution in [0.1, 0.15) is 28.9 Å². The minimum Gasteiger partial charge on any atom is -0.493 e. The number of nitrogens with zero attached hydrogens (tertiary/aromatic N) is 2. The van der Waals surface area contributed by atoms with Gasteiger partial charge in [0.2, 0.25) is 0 Å². The van der Waals surface area contributed by atoms with Gasteiger partial charge in [-0.3, -0.25) is 9.78 Å². The molecule has 3 rings (SSSR count). The molecule has 1 fully saturated rings. The maximum absolute atomic E-state index is 12.8. The fourth-order valence-corrected chi connectivity index (χ4v) is 3.10. The van der Waals surface area contributed by atoms with E-state index in [1.54, 1.807) is 38.6 Å². The van der Waals surface area contributed by atoms with Gasteiger partial charge in [0.05, 0.1) is 32.6 Å². The first-order chi connectivity index (χ1) is 12.7. The van der Waals surface area contributed by atoms with E-state index in [1.165, 1.54) is 0 Å². The Morgan fingerprint density at radius 2 is 2.04 bits per heavy atom. The number of ether oxygens (including phenoxy) is 3. The molecule has 6 nitrogen and oxygen atoms in total. The van der Waals surface area contributed by atoms with Crippen molar-refractivity contribution >= 4 is 5.91 Å². The van der Waals surface area contributed by atoms with Crippen LogP contribution in [0.5, 0.6) is 11.5 Å². The first-order valence-electron chi connectivity index (χ1n) is 8.74. The predicted octanol–water partition coefficient (Wildman–Crippen LogP) is 2.92. The SMILES string of the molecule is COc1ccc(C(=O)N2CCCC(OCc3ccccn3)C2)cc1OC. The molecular weight excluding hydrogens is 332 g/mol. The summed E-state index contributed by atoms with van der Waals surface area (Å²) < 4.78 is 16.5. The van der Waals surface area contributed by atoms with Gasteiger partial charge in [-0.25, -0.2) is 0 Å². The number of pyridine rings is 1. The van der Waals surface area contributed by atoms with E-state index in [-0.39, 0.29) is 12.0 Å². The lowest BCUT2D eigenvalue weighted by atomic mass is 10.1. The van der Waals surface area contributed by atoms with Crippen LogP contribution in [-0.2, 0) is 11.3 Å². The zero-order chi connectivity index (χ0) is 18.4. The molecule has 2 heterocycles. The zero-order valence-corrected chi connectivity index (χ0v) is 15.2. The van der Waals surface area contributed by atoms with Crippen molar-refractivity contribution in [2.45, 2.75) is 25.6 Å². The third-order valence-corrected chi connectivity index (χ3v) is 4.49. The number of hydrogen-bond donors (Lipinski definition) is 0. The molecule has 138 valence electrons. The van der Waals surface area contributed by atoms with Crippen LogP contribution in [0.15, 0.2) is 42.6 Å². The summed E-state index contributed by atoms with van der Waals surface area (Å²) in [6.07, 6.45) is 3.65. The van der Waals surface area contributed by atoms with Crippen molar-refractivity contribution in [3.05, 3.63) is 53.9 Å². The second kappa shape index (κ2) is 8.67. The molecule has 0 spiro atoms. The van der Waals surface area contributed by atoms with Crippen LogP contribution in [0.2, 0.25) is 0 Å². The van der Waals surface area contributed by atoms with Gasteiger partial charge in [0.1, 0.15) is 0 Å². The highest BCUT2D eigenvalue weighted by Crippen LogP contribution is 2.28. The molecule has 1 unspecified atom stereocenters. The molecule has 1 aromatic heterocycles. The number of rotatable bonds is 6. The zero-order valence-electron chi connectivity index (χ0n) is 15.2. The van der Waals surface area contributed by atoms with Crippen LogP contribution in [-0.4, -0.2) is 49.2 Å². The van der Waals surface area contributed by atoms with Gasteiger partial charge >= 0.3 is 0 Å². The lowest BCUT2D eigenvalue weighted by Crippen LogP contribution is -2.43. The molecule has 6 heteroatoms.